The maximum Gasteiger partial charge on any atom is 0.416 e. The van der Waals surface area contributed by atoms with Crippen molar-refractivity contribution in [1.29, 1.82) is 0 Å². The second-order valence-electron chi connectivity index (χ2n) is 12.0. The number of nitrogens with one attached hydrogen (secondary N) is 1. The first-order valence-electron chi connectivity index (χ1n) is 13.9. The van der Waals surface area contributed by atoms with Crippen LogP contribution in [0.15, 0.2) is 48.8 Å². The van der Waals surface area contributed by atoms with Gasteiger partial charge >= 0.3 is 6.18 Å². The van der Waals surface area contributed by atoms with Gasteiger partial charge in [0.05, 0.1) is 34.2 Å². The van der Waals surface area contributed by atoms with Gasteiger partial charge in [0, 0.05) is 31.0 Å². The molecule has 4 rings (SSSR count). The van der Waals surface area contributed by atoms with E-state index in [4.69, 9.17) is 10.2 Å². The van der Waals surface area contributed by atoms with Crippen molar-refractivity contribution in [3.8, 4) is 11.8 Å². The van der Waals surface area contributed by atoms with Crippen molar-refractivity contribution < 1.29 is 26.8 Å². The fourth-order valence-corrected chi connectivity index (χ4v) is 5.83. The molecule has 3 N–H and O–H groups in total. The molecule has 1 aromatic heterocycles. The van der Waals surface area contributed by atoms with Crippen molar-refractivity contribution in [3.63, 3.8) is 0 Å². The molecular weight excluding hydrogens is 578 g/mol. The summed E-state index contributed by atoms with van der Waals surface area (Å²) in [7, 11) is -2.09. The second kappa shape index (κ2) is 12.3. The molecule has 1 saturated heterocycles. The smallest absolute Gasteiger partial charge is 0.412 e. The van der Waals surface area contributed by atoms with Crippen molar-refractivity contribution in [2.75, 3.05) is 29.0 Å². The SMILES string of the molecule is CC(C)(C)[Si](C)(C)OC1CCCN(c2ccc(C(F)(F)F)cc2NC(=O)c2cc(C#Cc3cnc(N)nc3)ccc2F)C1. The van der Waals surface area contributed by atoms with Crippen LogP contribution in [0, 0.1) is 17.7 Å². The minimum absolute atomic E-state index is 0.00533. The first kappa shape index (κ1) is 32.0. The van der Waals surface area contributed by atoms with E-state index < -0.39 is 31.8 Å². The van der Waals surface area contributed by atoms with Gasteiger partial charge in [-0.1, -0.05) is 32.6 Å². The van der Waals surface area contributed by atoms with Crippen LogP contribution in [0.25, 0.3) is 0 Å². The van der Waals surface area contributed by atoms with Crippen molar-refractivity contribution in [2.45, 2.75) is 64.0 Å². The Bertz CT molecular complexity index is 1540. The third-order valence-corrected chi connectivity index (χ3v) is 12.3. The van der Waals surface area contributed by atoms with Gasteiger partial charge in [0.15, 0.2) is 8.32 Å². The lowest BCUT2D eigenvalue weighted by molar-refractivity contribution is -0.137. The lowest BCUT2D eigenvalue weighted by Gasteiger charge is -2.43. The van der Waals surface area contributed by atoms with Gasteiger partial charge in [0.2, 0.25) is 5.95 Å². The molecule has 43 heavy (non-hydrogen) atoms. The third kappa shape index (κ3) is 7.91. The highest BCUT2D eigenvalue weighted by atomic mass is 28.4. The van der Waals surface area contributed by atoms with Crippen LogP contribution in [0.3, 0.4) is 0 Å². The molecule has 0 spiro atoms. The van der Waals surface area contributed by atoms with E-state index in [1.807, 2.05) is 4.90 Å². The number of nitrogens with two attached hydrogens (primary N) is 1. The van der Waals surface area contributed by atoms with Crippen LogP contribution in [0.4, 0.5) is 34.9 Å². The van der Waals surface area contributed by atoms with E-state index in [1.54, 1.807) is 0 Å². The van der Waals surface area contributed by atoms with E-state index in [1.165, 1.54) is 30.6 Å². The van der Waals surface area contributed by atoms with Gasteiger partial charge in [-0.2, -0.15) is 13.2 Å². The molecular formula is C31H35F4N5O2Si. The summed E-state index contributed by atoms with van der Waals surface area (Å²) in [4.78, 5) is 22.9. The lowest BCUT2D eigenvalue weighted by Crippen LogP contribution is -2.49. The van der Waals surface area contributed by atoms with Gasteiger partial charge in [-0.05, 0) is 67.4 Å². The largest absolute Gasteiger partial charge is 0.416 e. The van der Waals surface area contributed by atoms with Gasteiger partial charge in [0.1, 0.15) is 5.82 Å². The molecule has 1 aliphatic rings. The molecule has 12 heteroatoms. The molecule has 3 aromatic rings. The highest BCUT2D eigenvalue weighted by Crippen LogP contribution is 2.40. The number of piperidine rings is 1. The predicted molar refractivity (Wildman–Crippen MR) is 162 cm³/mol. The monoisotopic (exact) mass is 613 g/mol. The Morgan fingerprint density at radius 1 is 1.07 bits per heavy atom. The number of hydrogen-bond donors (Lipinski definition) is 2. The number of carbonyl (C=O) groups excluding carboxylic acids is 1. The average Bonchev–Trinajstić information content (AvgIpc) is 2.92. The number of benzene rings is 2. The zero-order valence-electron chi connectivity index (χ0n) is 24.8. The normalized spacial score (nSPS) is 15.9. The summed E-state index contributed by atoms with van der Waals surface area (Å²) in [6, 6.07) is 6.94. The standard InChI is InChI=1S/C31H35F4N5O2Si/c1-30(2,3)43(4,5)42-23-7-6-14-40(19-23)27-13-11-22(31(33,34)35)16-26(27)39-28(41)24-15-20(10-12-25(24)32)8-9-21-17-37-29(36)38-18-21/h10-13,15-18,23H,6-7,14,19H2,1-5H3,(H,39,41)(H2,36,37,38). The maximum absolute atomic E-state index is 14.8. The number of halogens is 4. The first-order valence-corrected chi connectivity index (χ1v) is 16.8. The van der Waals surface area contributed by atoms with E-state index in [0.29, 0.717) is 29.9 Å². The zero-order chi connectivity index (χ0) is 31.6. The Morgan fingerprint density at radius 2 is 1.74 bits per heavy atom. The molecule has 1 unspecified atom stereocenters. The van der Waals surface area contributed by atoms with E-state index in [2.05, 4.69) is 61.0 Å². The van der Waals surface area contributed by atoms with Gasteiger partial charge in [-0.15, -0.1) is 0 Å². The summed E-state index contributed by atoms with van der Waals surface area (Å²) in [5.41, 5.74) is 5.30. The van der Waals surface area contributed by atoms with Crippen LogP contribution in [-0.4, -0.2) is 43.4 Å². The number of nitrogens with zero attached hydrogens (tertiary/aromatic N) is 3. The molecule has 228 valence electrons. The fourth-order valence-electron chi connectivity index (χ4n) is 4.45. The lowest BCUT2D eigenvalue weighted by atomic mass is 10.0. The van der Waals surface area contributed by atoms with Crippen LogP contribution in [-0.2, 0) is 10.6 Å². The average molecular weight is 614 g/mol. The Labute approximate surface area is 250 Å². The molecule has 7 nitrogen and oxygen atoms in total. The summed E-state index contributed by atoms with van der Waals surface area (Å²) < 4.78 is 62.5. The molecule has 0 aliphatic carbocycles. The van der Waals surface area contributed by atoms with Crippen molar-refractivity contribution in [2.24, 2.45) is 0 Å². The number of carbonyl (C=O) groups is 1. The number of aromatic nitrogens is 2. The van der Waals surface area contributed by atoms with Gasteiger partial charge in [0.25, 0.3) is 5.91 Å². The maximum atomic E-state index is 14.8. The number of nitrogen functional groups attached to an aromatic ring is 1. The Kier molecular flexibility index (Phi) is 9.18. The Hall–Kier alpha value is -3.95. The quantitative estimate of drug-likeness (QED) is 0.186. The molecule has 0 bridgehead atoms. The fraction of sp³-hybridized carbons (Fsp3) is 0.387. The number of anilines is 3. The van der Waals surface area contributed by atoms with Gasteiger partial charge in [-0.3, -0.25) is 4.79 Å². The number of amides is 1. The predicted octanol–water partition coefficient (Wildman–Crippen LogP) is 6.86. The number of rotatable bonds is 5. The van der Waals surface area contributed by atoms with Crippen molar-refractivity contribution >= 4 is 31.5 Å². The van der Waals surface area contributed by atoms with Gasteiger partial charge < -0.3 is 20.4 Å². The molecule has 1 aliphatic heterocycles. The molecule has 1 atom stereocenters. The molecule has 0 saturated carbocycles. The zero-order valence-corrected chi connectivity index (χ0v) is 25.8. The molecule has 0 radical (unpaired) electrons. The Morgan fingerprint density at radius 3 is 2.40 bits per heavy atom. The van der Waals surface area contributed by atoms with E-state index in [9.17, 15) is 22.4 Å². The van der Waals surface area contributed by atoms with Crippen LogP contribution in [0.1, 0.15) is 60.7 Å². The van der Waals surface area contributed by atoms with E-state index >= 15 is 0 Å². The van der Waals surface area contributed by atoms with E-state index in [-0.39, 0.29) is 28.3 Å². The minimum atomic E-state index is -4.64. The molecule has 2 heterocycles. The van der Waals surface area contributed by atoms with Crippen LogP contribution in [0.2, 0.25) is 18.1 Å². The highest BCUT2D eigenvalue weighted by molar-refractivity contribution is 6.74. The molecule has 1 fully saturated rings. The topological polar surface area (TPSA) is 93.4 Å². The van der Waals surface area contributed by atoms with E-state index in [0.717, 1.165) is 31.0 Å². The van der Waals surface area contributed by atoms with Crippen LogP contribution < -0.4 is 16.0 Å². The molecule has 2 aromatic carbocycles. The van der Waals surface area contributed by atoms with Crippen molar-refractivity contribution in [1.82, 2.24) is 9.97 Å². The Balaban J connectivity index is 1.62. The first-order chi connectivity index (χ1) is 20.0. The second-order valence-corrected chi connectivity index (χ2v) is 16.8. The van der Waals surface area contributed by atoms with Crippen molar-refractivity contribution in [3.05, 3.63) is 76.9 Å². The number of alkyl halides is 3. The summed E-state index contributed by atoms with van der Waals surface area (Å²) in [6.07, 6.45) is -0.316. The summed E-state index contributed by atoms with van der Waals surface area (Å²) in [6.45, 7) is 11.8. The minimum Gasteiger partial charge on any atom is -0.412 e. The van der Waals surface area contributed by atoms with Crippen LogP contribution >= 0.6 is 0 Å². The van der Waals surface area contributed by atoms with Crippen LogP contribution in [0.5, 0.6) is 0 Å². The number of hydrogen-bond acceptors (Lipinski definition) is 6. The summed E-state index contributed by atoms with van der Waals surface area (Å²) in [5.74, 6) is 3.96. The molecule has 1 amide bonds. The summed E-state index contributed by atoms with van der Waals surface area (Å²) in [5, 5.41) is 2.53. The third-order valence-electron chi connectivity index (χ3n) is 7.79. The summed E-state index contributed by atoms with van der Waals surface area (Å²) >= 11 is 0. The highest BCUT2D eigenvalue weighted by Gasteiger charge is 2.40. The van der Waals surface area contributed by atoms with Gasteiger partial charge in [-0.25, -0.2) is 14.4 Å².